The van der Waals surface area contributed by atoms with Gasteiger partial charge >= 0.3 is 5.97 Å². The van der Waals surface area contributed by atoms with Crippen molar-refractivity contribution >= 4 is 35.1 Å². The molecule has 24 heavy (non-hydrogen) atoms. The van der Waals surface area contributed by atoms with Gasteiger partial charge in [-0.25, -0.2) is 4.79 Å². The zero-order chi connectivity index (χ0) is 17.7. The van der Waals surface area contributed by atoms with Gasteiger partial charge in [0.05, 0.1) is 0 Å². The van der Waals surface area contributed by atoms with Crippen molar-refractivity contribution in [2.24, 2.45) is 0 Å². The molecule has 2 rings (SSSR count). The first-order valence-corrected chi connectivity index (χ1v) is 7.76. The van der Waals surface area contributed by atoms with Crippen molar-refractivity contribution in [3.63, 3.8) is 0 Å². The fourth-order valence-electron chi connectivity index (χ4n) is 1.94. The van der Waals surface area contributed by atoms with Crippen molar-refractivity contribution in [1.29, 1.82) is 0 Å². The Morgan fingerprint density at radius 1 is 1.08 bits per heavy atom. The second kappa shape index (κ2) is 8.04. The van der Waals surface area contributed by atoms with Crippen molar-refractivity contribution in [3.05, 3.63) is 63.6 Å². The van der Waals surface area contributed by atoms with Gasteiger partial charge in [-0.1, -0.05) is 35.3 Å². The summed E-state index contributed by atoms with van der Waals surface area (Å²) in [6.07, 6.45) is 0. The van der Waals surface area contributed by atoms with Gasteiger partial charge in [0.1, 0.15) is 11.3 Å². The van der Waals surface area contributed by atoms with Crippen LogP contribution < -0.4 is 0 Å². The standard InChI is InChI=1S/C17H15Cl2NO4/c1-20(9-11-2-4-12(18)5-3-11)16(22)10-24-17(23)14-7-6-13(19)8-15(14)21/h2-8,21H,9-10H2,1H3. The molecular weight excluding hydrogens is 353 g/mol. The minimum Gasteiger partial charge on any atom is -0.507 e. The highest BCUT2D eigenvalue weighted by Gasteiger charge is 2.16. The van der Waals surface area contributed by atoms with E-state index < -0.39 is 12.6 Å². The minimum atomic E-state index is -0.794. The summed E-state index contributed by atoms with van der Waals surface area (Å²) in [6, 6.07) is 11.1. The van der Waals surface area contributed by atoms with Gasteiger partial charge in [0.25, 0.3) is 5.91 Å². The number of carbonyl (C=O) groups is 2. The number of hydrogen-bond donors (Lipinski definition) is 1. The van der Waals surface area contributed by atoms with Crippen molar-refractivity contribution in [2.45, 2.75) is 6.54 Å². The molecule has 0 bridgehead atoms. The third kappa shape index (κ3) is 4.88. The smallest absolute Gasteiger partial charge is 0.342 e. The van der Waals surface area contributed by atoms with Gasteiger partial charge in [-0.3, -0.25) is 4.79 Å². The molecule has 2 aromatic rings. The van der Waals surface area contributed by atoms with Crippen molar-refractivity contribution in [1.82, 2.24) is 4.90 Å². The van der Waals surface area contributed by atoms with Crippen molar-refractivity contribution in [3.8, 4) is 5.75 Å². The Morgan fingerprint density at radius 3 is 2.33 bits per heavy atom. The summed E-state index contributed by atoms with van der Waals surface area (Å²) in [5.41, 5.74) is 0.851. The lowest BCUT2D eigenvalue weighted by atomic mass is 10.2. The largest absolute Gasteiger partial charge is 0.507 e. The van der Waals surface area contributed by atoms with Crippen LogP contribution in [-0.2, 0) is 16.1 Å². The maximum atomic E-state index is 12.0. The van der Waals surface area contributed by atoms with Crippen LogP contribution in [0.2, 0.25) is 10.0 Å². The summed E-state index contributed by atoms with van der Waals surface area (Å²) in [5, 5.41) is 10.6. The Hall–Kier alpha value is -2.24. The van der Waals surface area contributed by atoms with E-state index in [1.54, 1.807) is 19.2 Å². The Kier molecular flexibility index (Phi) is 6.06. The summed E-state index contributed by atoms with van der Waals surface area (Å²) < 4.78 is 4.93. The molecule has 2 aromatic carbocycles. The lowest BCUT2D eigenvalue weighted by Gasteiger charge is -2.17. The third-order valence-electron chi connectivity index (χ3n) is 3.27. The number of likely N-dealkylation sites (N-methyl/N-ethyl adjacent to an activating group) is 1. The molecule has 0 aliphatic carbocycles. The molecule has 0 saturated heterocycles. The number of phenols is 1. The molecule has 5 nitrogen and oxygen atoms in total. The fourth-order valence-corrected chi connectivity index (χ4v) is 2.24. The maximum Gasteiger partial charge on any atom is 0.342 e. The molecule has 0 fully saturated rings. The Balaban J connectivity index is 1.89. The topological polar surface area (TPSA) is 66.8 Å². The highest BCUT2D eigenvalue weighted by atomic mass is 35.5. The van der Waals surface area contributed by atoms with Crippen LogP contribution in [0.1, 0.15) is 15.9 Å². The molecule has 0 heterocycles. The van der Waals surface area contributed by atoms with E-state index in [-0.39, 0.29) is 17.2 Å². The predicted molar refractivity (Wildman–Crippen MR) is 91.3 cm³/mol. The third-order valence-corrected chi connectivity index (χ3v) is 3.75. The molecule has 126 valence electrons. The number of nitrogens with zero attached hydrogens (tertiary/aromatic N) is 1. The Bertz CT molecular complexity index is 747. The van der Waals surface area contributed by atoms with Crippen molar-refractivity contribution < 1.29 is 19.4 Å². The van der Waals surface area contributed by atoms with Gasteiger partial charge in [-0.05, 0) is 35.9 Å². The second-order valence-corrected chi connectivity index (χ2v) is 5.99. The molecule has 0 aliphatic rings. The molecule has 0 aliphatic heterocycles. The number of rotatable bonds is 5. The van der Waals surface area contributed by atoms with Crippen LogP contribution >= 0.6 is 23.2 Å². The zero-order valence-corrected chi connectivity index (χ0v) is 14.3. The molecule has 1 N–H and O–H groups in total. The van der Waals surface area contributed by atoms with Gasteiger partial charge in [0.2, 0.25) is 0 Å². The van der Waals surface area contributed by atoms with E-state index in [2.05, 4.69) is 0 Å². The molecule has 0 saturated carbocycles. The highest BCUT2D eigenvalue weighted by molar-refractivity contribution is 6.31. The average Bonchev–Trinajstić information content (AvgIpc) is 2.54. The molecule has 0 aromatic heterocycles. The lowest BCUT2D eigenvalue weighted by molar-refractivity contribution is -0.133. The van der Waals surface area contributed by atoms with E-state index in [9.17, 15) is 14.7 Å². The van der Waals surface area contributed by atoms with Gasteiger partial charge in [0.15, 0.2) is 6.61 Å². The summed E-state index contributed by atoms with van der Waals surface area (Å²) in [6.45, 7) is -0.0647. The fraction of sp³-hybridized carbons (Fsp3) is 0.176. The first kappa shape index (κ1) is 18.1. The van der Waals surface area contributed by atoms with E-state index >= 15 is 0 Å². The molecule has 0 radical (unpaired) electrons. The molecule has 0 atom stereocenters. The second-order valence-electron chi connectivity index (χ2n) is 5.11. The van der Waals surface area contributed by atoms with Crippen LogP contribution in [0.25, 0.3) is 0 Å². The predicted octanol–water partition coefficient (Wildman–Crippen LogP) is 3.51. The number of halogens is 2. The number of ether oxygens (including phenoxy) is 1. The number of esters is 1. The number of carbonyl (C=O) groups excluding carboxylic acids is 2. The number of phenolic OH excluding ortho intramolecular Hbond substituents is 1. The first-order chi connectivity index (χ1) is 11.4. The normalized spacial score (nSPS) is 10.3. The summed E-state index contributed by atoms with van der Waals surface area (Å²) in [5.74, 6) is -1.46. The van der Waals surface area contributed by atoms with Crippen LogP contribution in [0.3, 0.4) is 0 Å². The molecule has 0 unspecified atom stereocenters. The van der Waals surface area contributed by atoms with Crippen LogP contribution in [0.5, 0.6) is 5.75 Å². The van der Waals surface area contributed by atoms with Crippen LogP contribution in [0.4, 0.5) is 0 Å². The molecular formula is C17H15Cl2NO4. The van der Waals surface area contributed by atoms with Crippen molar-refractivity contribution in [2.75, 3.05) is 13.7 Å². The summed E-state index contributed by atoms with van der Waals surface area (Å²) in [4.78, 5) is 25.3. The summed E-state index contributed by atoms with van der Waals surface area (Å²) >= 11 is 11.5. The van der Waals surface area contributed by atoms with Gasteiger partial charge < -0.3 is 14.7 Å². The molecule has 7 heteroatoms. The first-order valence-electron chi connectivity index (χ1n) is 7.01. The van der Waals surface area contributed by atoms with E-state index in [4.69, 9.17) is 27.9 Å². The monoisotopic (exact) mass is 367 g/mol. The lowest BCUT2D eigenvalue weighted by Crippen LogP contribution is -2.30. The van der Waals surface area contributed by atoms with Gasteiger partial charge in [-0.2, -0.15) is 0 Å². The molecule has 1 amide bonds. The number of hydrogen-bond acceptors (Lipinski definition) is 4. The Morgan fingerprint density at radius 2 is 1.71 bits per heavy atom. The number of benzene rings is 2. The van der Waals surface area contributed by atoms with Crippen LogP contribution in [-0.4, -0.2) is 35.5 Å². The zero-order valence-electron chi connectivity index (χ0n) is 12.8. The molecule has 0 spiro atoms. The highest BCUT2D eigenvalue weighted by Crippen LogP contribution is 2.22. The SMILES string of the molecule is CN(Cc1ccc(Cl)cc1)C(=O)COC(=O)c1ccc(Cl)cc1O. The van der Waals surface area contributed by atoms with E-state index in [1.807, 2.05) is 12.1 Å². The van der Waals surface area contributed by atoms with Gasteiger partial charge in [0, 0.05) is 23.6 Å². The van der Waals surface area contributed by atoms with E-state index in [1.165, 1.54) is 23.1 Å². The summed E-state index contributed by atoms with van der Waals surface area (Å²) in [7, 11) is 1.60. The van der Waals surface area contributed by atoms with E-state index in [0.717, 1.165) is 5.56 Å². The Labute approximate surface area is 149 Å². The number of amides is 1. The maximum absolute atomic E-state index is 12.0. The number of aromatic hydroxyl groups is 1. The van der Waals surface area contributed by atoms with E-state index in [0.29, 0.717) is 16.6 Å². The quantitative estimate of drug-likeness (QED) is 0.821. The van der Waals surface area contributed by atoms with Crippen LogP contribution in [0.15, 0.2) is 42.5 Å². The minimum absolute atomic E-state index is 0.0486. The van der Waals surface area contributed by atoms with Crippen LogP contribution in [0, 0.1) is 0 Å². The van der Waals surface area contributed by atoms with Gasteiger partial charge in [-0.15, -0.1) is 0 Å². The average molecular weight is 368 g/mol.